The van der Waals surface area contributed by atoms with Gasteiger partial charge in [0, 0.05) is 37.9 Å². The van der Waals surface area contributed by atoms with Gasteiger partial charge in [-0.2, -0.15) is 0 Å². The van der Waals surface area contributed by atoms with Crippen molar-refractivity contribution >= 4 is 0 Å². The zero-order chi connectivity index (χ0) is 13.9. The molecule has 0 amide bonds. The van der Waals surface area contributed by atoms with E-state index < -0.39 is 0 Å². The molecule has 2 aliphatic heterocycles. The standard InChI is InChI=1S/C14H26N6/c1-15-9-12-10-20(17-16-12)8-7-19-6-5-13-3-4-14(11-19)18(13)2/h10,13-15H,3-9,11H2,1-2H3. The third-order valence-corrected chi connectivity index (χ3v) is 4.82. The summed E-state index contributed by atoms with van der Waals surface area (Å²) >= 11 is 0. The first-order valence-electron chi connectivity index (χ1n) is 7.74. The molecule has 0 aromatic carbocycles. The lowest BCUT2D eigenvalue weighted by molar-refractivity contribution is 0.213. The first-order chi connectivity index (χ1) is 9.76. The van der Waals surface area contributed by atoms with E-state index in [0.717, 1.165) is 37.4 Å². The van der Waals surface area contributed by atoms with Crippen LogP contribution in [0.1, 0.15) is 25.0 Å². The molecule has 2 fully saturated rings. The predicted octanol–water partition coefficient (Wildman–Crippen LogP) is 0.166. The van der Waals surface area contributed by atoms with Gasteiger partial charge in [-0.3, -0.25) is 14.5 Å². The SMILES string of the molecule is CNCc1cn(CCN2CCC3CCC(C2)N3C)nn1. The molecular formula is C14H26N6. The van der Waals surface area contributed by atoms with Crippen LogP contribution in [0.4, 0.5) is 0 Å². The highest BCUT2D eigenvalue weighted by Gasteiger charge is 2.34. The number of hydrogen-bond acceptors (Lipinski definition) is 5. The van der Waals surface area contributed by atoms with Gasteiger partial charge in [0.15, 0.2) is 0 Å². The van der Waals surface area contributed by atoms with Crippen LogP contribution in [0.3, 0.4) is 0 Å². The van der Waals surface area contributed by atoms with Crippen molar-refractivity contribution in [2.75, 3.05) is 33.7 Å². The molecule has 6 nitrogen and oxygen atoms in total. The summed E-state index contributed by atoms with van der Waals surface area (Å²) in [5.41, 5.74) is 1.02. The number of likely N-dealkylation sites (tertiary alicyclic amines) is 1. The maximum Gasteiger partial charge on any atom is 0.0964 e. The summed E-state index contributed by atoms with van der Waals surface area (Å²) in [5.74, 6) is 0. The van der Waals surface area contributed by atoms with Crippen LogP contribution >= 0.6 is 0 Å². The maximum atomic E-state index is 4.20. The van der Waals surface area contributed by atoms with Crippen LogP contribution in [-0.2, 0) is 13.1 Å². The molecule has 112 valence electrons. The highest BCUT2D eigenvalue weighted by Crippen LogP contribution is 2.28. The van der Waals surface area contributed by atoms with E-state index in [4.69, 9.17) is 0 Å². The molecule has 20 heavy (non-hydrogen) atoms. The minimum Gasteiger partial charge on any atom is -0.314 e. The van der Waals surface area contributed by atoms with Gasteiger partial charge < -0.3 is 5.32 Å². The van der Waals surface area contributed by atoms with E-state index in [9.17, 15) is 0 Å². The fourth-order valence-corrected chi connectivity index (χ4v) is 3.54. The van der Waals surface area contributed by atoms with E-state index >= 15 is 0 Å². The van der Waals surface area contributed by atoms with Crippen LogP contribution in [0, 0.1) is 0 Å². The Morgan fingerprint density at radius 2 is 2.10 bits per heavy atom. The normalized spacial score (nSPS) is 27.9. The second kappa shape index (κ2) is 6.20. The van der Waals surface area contributed by atoms with Crippen LogP contribution < -0.4 is 5.32 Å². The third-order valence-electron chi connectivity index (χ3n) is 4.82. The Kier molecular flexibility index (Phi) is 4.33. The van der Waals surface area contributed by atoms with E-state index in [1.165, 1.54) is 32.4 Å². The summed E-state index contributed by atoms with van der Waals surface area (Å²) in [5, 5.41) is 11.5. The van der Waals surface area contributed by atoms with Crippen LogP contribution in [0.15, 0.2) is 6.20 Å². The molecule has 2 atom stereocenters. The van der Waals surface area contributed by atoms with Crippen molar-refractivity contribution in [3.8, 4) is 0 Å². The Hall–Kier alpha value is -0.980. The van der Waals surface area contributed by atoms with Crippen molar-refractivity contribution in [1.29, 1.82) is 0 Å². The molecule has 3 heterocycles. The van der Waals surface area contributed by atoms with E-state index in [1.54, 1.807) is 0 Å². The van der Waals surface area contributed by atoms with Crippen molar-refractivity contribution in [1.82, 2.24) is 30.1 Å². The molecule has 0 radical (unpaired) electrons. The van der Waals surface area contributed by atoms with E-state index in [2.05, 4.69) is 32.5 Å². The Bertz CT molecular complexity index is 431. The summed E-state index contributed by atoms with van der Waals surface area (Å²) in [6.07, 6.45) is 6.13. The second-order valence-corrected chi connectivity index (χ2v) is 6.14. The number of aromatic nitrogens is 3. The fraction of sp³-hybridized carbons (Fsp3) is 0.857. The van der Waals surface area contributed by atoms with Crippen LogP contribution in [0.2, 0.25) is 0 Å². The average molecular weight is 278 g/mol. The summed E-state index contributed by atoms with van der Waals surface area (Å²) in [4.78, 5) is 5.19. The summed E-state index contributed by atoms with van der Waals surface area (Å²) in [6.45, 7) is 5.25. The van der Waals surface area contributed by atoms with E-state index in [1.807, 2.05) is 17.9 Å². The minimum absolute atomic E-state index is 0.762. The molecule has 1 aromatic rings. The highest BCUT2D eigenvalue weighted by molar-refractivity contribution is 4.92. The molecule has 2 aliphatic rings. The van der Waals surface area contributed by atoms with Crippen molar-refractivity contribution in [2.45, 2.75) is 44.4 Å². The van der Waals surface area contributed by atoms with Gasteiger partial charge in [0.2, 0.25) is 0 Å². The average Bonchev–Trinajstić information content (AvgIpc) is 2.95. The Morgan fingerprint density at radius 1 is 1.25 bits per heavy atom. The number of nitrogens with one attached hydrogen (secondary N) is 1. The Balaban J connectivity index is 1.50. The lowest BCUT2D eigenvalue weighted by Crippen LogP contribution is -2.37. The van der Waals surface area contributed by atoms with Gasteiger partial charge in [-0.15, -0.1) is 5.10 Å². The zero-order valence-electron chi connectivity index (χ0n) is 12.6. The van der Waals surface area contributed by atoms with Crippen LogP contribution in [0.25, 0.3) is 0 Å². The Labute approximate surface area is 121 Å². The topological polar surface area (TPSA) is 49.2 Å². The van der Waals surface area contributed by atoms with Gasteiger partial charge in [-0.1, -0.05) is 5.21 Å². The molecule has 0 aliphatic carbocycles. The molecule has 2 unspecified atom stereocenters. The van der Waals surface area contributed by atoms with Crippen molar-refractivity contribution in [3.63, 3.8) is 0 Å². The molecule has 0 saturated carbocycles. The Morgan fingerprint density at radius 3 is 2.95 bits per heavy atom. The monoisotopic (exact) mass is 278 g/mol. The summed E-state index contributed by atoms with van der Waals surface area (Å²) in [7, 11) is 4.23. The smallest absolute Gasteiger partial charge is 0.0964 e. The second-order valence-electron chi connectivity index (χ2n) is 6.14. The summed E-state index contributed by atoms with van der Waals surface area (Å²) < 4.78 is 1.97. The number of rotatable bonds is 5. The van der Waals surface area contributed by atoms with Crippen molar-refractivity contribution < 1.29 is 0 Å². The number of nitrogens with zero attached hydrogens (tertiary/aromatic N) is 5. The van der Waals surface area contributed by atoms with Gasteiger partial charge in [-0.05, 0) is 39.9 Å². The molecule has 1 aromatic heterocycles. The highest BCUT2D eigenvalue weighted by atomic mass is 15.4. The number of hydrogen-bond donors (Lipinski definition) is 1. The minimum atomic E-state index is 0.762. The van der Waals surface area contributed by atoms with Crippen LogP contribution in [-0.4, -0.2) is 70.6 Å². The van der Waals surface area contributed by atoms with Gasteiger partial charge in [0.05, 0.1) is 12.2 Å². The molecule has 3 rings (SSSR count). The van der Waals surface area contributed by atoms with Gasteiger partial charge in [0.1, 0.15) is 0 Å². The maximum absolute atomic E-state index is 4.20. The van der Waals surface area contributed by atoms with Crippen molar-refractivity contribution in [2.24, 2.45) is 0 Å². The molecule has 2 bridgehead atoms. The third kappa shape index (κ3) is 3.02. The van der Waals surface area contributed by atoms with Gasteiger partial charge in [0.25, 0.3) is 0 Å². The fourth-order valence-electron chi connectivity index (χ4n) is 3.54. The van der Waals surface area contributed by atoms with Crippen LogP contribution in [0.5, 0.6) is 0 Å². The first-order valence-corrected chi connectivity index (χ1v) is 7.74. The predicted molar refractivity (Wildman–Crippen MR) is 78.4 cm³/mol. The van der Waals surface area contributed by atoms with Gasteiger partial charge >= 0.3 is 0 Å². The number of likely N-dealkylation sites (N-methyl/N-ethyl adjacent to an activating group) is 1. The lowest BCUT2D eigenvalue weighted by Gasteiger charge is -2.25. The molecular weight excluding hydrogens is 252 g/mol. The largest absolute Gasteiger partial charge is 0.314 e. The first kappa shape index (κ1) is 14.0. The molecule has 6 heteroatoms. The molecule has 2 saturated heterocycles. The zero-order valence-corrected chi connectivity index (χ0v) is 12.6. The van der Waals surface area contributed by atoms with E-state index in [0.29, 0.717) is 0 Å². The molecule has 0 spiro atoms. The van der Waals surface area contributed by atoms with Gasteiger partial charge in [-0.25, -0.2) is 0 Å². The molecule has 1 N–H and O–H groups in total. The lowest BCUT2D eigenvalue weighted by atomic mass is 10.1. The number of fused-ring (bicyclic) bond motifs is 2. The van der Waals surface area contributed by atoms with E-state index in [-0.39, 0.29) is 0 Å². The summed E-state index contributed by atoms with van der Waals surface area (Å²) in [6, 6.07) is 1.58. The quantitative estimate of drug-likeness (QED) is 0.832. The van der Waals surface area contributed by atoms with Crippen molar-refractivity contribution in [3.05, 3.63) is 11.9 Å².